The van der Waals surface area contributed by atoms with Gasteiger partial charge in [0.05, 0.1) is 40.9 Å². The summed E-state index contributed by atoms with van der Waals surface area (Å²) in [4.78, 5) is 13.5. The zero-order valence-electron chi connectivity index (χ0n) is 20.5. The van der Waals surface area contributed by atoms with Crippen molar-refractivity contribution in [1.29, 1.82) is 0 Å². The summed E-state index contributed by atoms with van der Waals surface area (Å²) in [6.45, 7) is 3.91. The van der Waals surface area contributed by atoms with Gasteiger partial charge < -0.3 is 20.1 Å². The van der Waals surface area contributed by atoms with Crippen molar-refractivity contribution in [1.82, 2.24) is 20.4 Å². The lowest BCUT2D eigenvalue weighted by molar-refractivity contribution is -0.138. The van der Waals surface area contributed by atoms with Crippen LogP contribution in [0.5, 0.6) is 11.6 Å². The summed E-state index contributed by atoms with van der Waals surface area (Å²) in [5.41, 5.74) is 4.00. The van der Waals surface area contributed by atoms with E-state index in [0.29, 0.717) is 39.3 Å². The van der Waals surface area contributed by atoms with Crippen LogP contribution in [0.25, 0.3) is 11.4 Å². The minimum atomic E-state index is -0.667. The molecule has 3 aromatic carbocycles. The SMILES string of the molecule is CCOC(=O)C1=C(c2ccccc2)NC(=S)NC1c1c(C)nn(-c2ccccc2)c1Oc1ccccc1. The number of benzene rings is 3. The van der Waals surface area contributed by atoms with Crippen LogP contribution in [0.4, 0.5) is 0 Å². The fourth-order valence-electron chi connectivity index (χ4n) is 4.34. The molecule has 1 atom stereocenters. The van der Waals surface area contributed by atoms with Crippen LogP contribution in [-0.2, 0) is 9.53 Å². The fraction of sp³-hybridized carbons (Fsp3) is 0.138. The standard InChI is InChI=1S/C29H26N4O3S/c1-3-35-28(34)24-25(20-13-7-4-8-14-20)30-29(37)31-26(24)23-19(2)32-33(21-15-9-5-10-16-21)27(23)36-22-17-11-6-12-18-22/h4-18,26H,3H2,1-2H3,(H2,30,31,37). The quantitative estimate of drug-likeness (QED) is 0.252. The van der Waals surface area contributed by atoms with Gasteiger partial charge in [0.1, 0.15) is 5.75 Å². The van der Waals surface area contributed by atoms with Gasteiger partial charge in [-0.15, -0.1) is 0 Å². The number of nitrogens with zero attached hydrogens (tertiary/aromatic N) is 2. The molecule has 37 heavy (non-hydrogen) atoms. The fourth-order valence-corrected chi connectivity index (χ4v) is 4.56. The second-order valence-corrected chi connectivity index (χ2v) is 8.78. The van der Waals surface area contributed by atoms with Crippen LogP contribution < -0.4 is 15.4 Å². The molecule has 8 heteroatoms. The number of aromatic nitrogens is 2. The van der Waals surface area contributed by atoms with Crippen molar-refractivity contribution in [3.8, 4) is 17.3 Å². The van der Waals surface area contributed by atoms with Crippen molar-refractivity contribution in [2.45, 2.75) is 19.9 Å². The third kappa shape index (κ3) is 4.96. The number of para-hydroxylation sites is 2. The van der Waals surface area contributed by atoms with E-state index >= 15 is 0 Å². The summed E-state index contributed by atoms with van der Waals surface area (Å²) in [5, 5.41) is 11.7. The predicted octanol–water partition coefficient (Wildman–Crippen LogP) is 5.47. The number of nitrogens with one attached hydrogen (secondary N) is 2. The first kappa shape index (κ1) is 24.3. The smallest absolute Gasteiger partial charge is 0.338 e. The third-order valence-electron chi connectivity index (χ3n) is 5.94. The molecule has 0 spiro atoms. The van der Waals surface area contributed by atoms with Crippen molar-refractivity contribution >= 4 is 29.0 Å². The molecule has 0 aliphatic carbocycles. The highest BCUT2D eigenvalue weighted by molar-refractivity contribution is 7.80. The predicted molar refractivity (Wildman–Crippen MR) is 146 cm³/mol. The molecular formula is C29H26N4O3S. The molecule has 5 rings (SSSR count). The maximum absolute atomic E-state index is 13.5. The minimum absolute atomic E-state index is 0.233. The average molecular weight is 511 g/mol. The highest BCUT2D eigenvalue weighted by atomic mass is 32.1. The Hall–Kier alpha value is -4.43. The first-order chi connectivity index (χ1) is 18.1. The Bertz CT molecular complexity index is 1450. The van der Waals surface area contributed by atoms with E-state index in [4.69, 9.17) is 26.8 Å². The van der Waals surface area contributed by atoms with Crippen LogP contribution in [0, 0.1) is 6.92 Å². The van der Waals surface area contributed by atoms with Crippen LogP contribution in [0.1, 0.15) is 29.8 Å². The second-order valence-electron chi connectivity index (χ2n) is 8.37. The Morgan fingerprint density at radius 1 is 0.973 bits per heavy atom. The van der Waals surface area contributed by atoms with Crippen molar-refractivity contribution in [2.75, 3.05) is 6.61 Å². The van der Waals surface area contributed by atoms with Crippen LogP contribution in [-0.4, -0.2) is 27.5 Å². The Morgan fingerprint density at radius 2 is 1.59 bits per heavy atom. The number of rotatable bonds is 7. The molecule has 0 fully saturated rings. The molecule has 0 saturated heterocycles. The average Bonchev–Trinajstić information content (AvgIpc) is 3.25. The highest BCUT2D eigenvalue weighted by Gasteiger charge is 2.38. The maximum atomic E-state index is 13.5. The van der Waals surface area contributed by atoms with E-state index in [-0.39, 0.29) is 6.61 Å². The number of thiocarbonyl (C=S) groups is 1. The molecule has 0 radical (unpaired) electrons. The molecule has 2 N–H and O–H groups in total. The summed E-state index contributed by atoms with van der Waals surface area (Å²) in [6, 6.07) is 28.1. The van der Waals surface area contributed by atoms with Crippen molar-refractivity contribution in [3.63, 3.8) is 0 Å². The molecule has 0 saturated carbocycles. The lowest BCUT2D eigenvalue weighted by Crippen LogP contribution is -2.45. The van der Waals surface area contributed by atoms with Gasteiger partial charge in [0.25, 0.3) is 0 Å². The zero-order chi connectivity index (χ0) is 25.8. The number of aryl methyl sites for hydroxylation is 1. The summed E-state index contributed by atoms with van der Waals surface area (Å²) in [7, 11) is 0. The van der Waals surface area contributed by atoms with Gasteiger partial charge in [-0.3, -0.25) is 0 Å². The molecule has 1 aliphatic heterocycles. The van der Waals surface area contributed by atoms with E-state index < -0.39 is 12.0 Å². The highest BCUT2D eigenvalue weighted by Crippen LogP contribution is 2.40. The molecule has 7 nitrogen and oxygen atoms in total. The van der Waals surface area contributed by atoms with Crippen molar-refractivity contribution in [2.24, 2.45) is 0 Å². The molecule has 186 valence electrons. The van der Waals surface area contributed by atoms with Gasteiger partial charge in [0.15, 0.2) is 5.11 Å². The summed E-state index contributed by atoms with van der Waals surface area (Å²) in [5.74, 6) is 0.667. The monoisotopic (exact) mass is 510 g/mol. The Balaban J connectivity index is 1.75. The van der Waals surface area contributed by atoms with Gasteiger partial charge in [0, 0.05) is 0 Å². The van der Waals surface area contributed by atoms with E-state index in [1.54, 1.807) is 11.6 Å². The maximum Gasteiger partial charge on any atom is 0.338 e. The van der Waals surface area contributed by atoms with Gasteiger partial charge in [-0.25, -0.2) is 9.48 Å². The summed E-state index contributed by atoms with van der Waals surface area (Å²) in [6.07, 6.45) is 0. The van der Waals surface area contributed by atoms with E-state index in [2.05, 4.69) is 10.6 Å². The Morgan fingerprint density at radius 3 is 2.24 bits per heavy atom. The molecule has 1 unspecified atom stereocenters. The van der Waals surface area contributed by atoms with Crippen LogP contribution in [0.3, 0.4) is 0 Å². The van der Waals surface area contributed by atoms with E-state index in [9.17, 15) is 4.79 Å². The van der Waals surface area contributed by atoms with Gasteiger partial charge in [-0.1, -0.05) is 66.7 Å². The first-order valence-corrected chi connectivity index (χ1v) is 12.4. The van der Waals surface area contributed by atoms with E-state index in [1.807, 2.05) is 97.9 Å². The van der Waals surface area contributed by atoms with Crippen LogP contribution in [0.15, 0.2) is 96.6 Å². The largest absolute Gasteiger partial charge is 0.463 e. The van der Waals surface area contributed by atoms with Crippen molar-refractivity contribution in [3.05, 3.63) is 113 Å². The van der Waals surface area contributed by atoms with Gasteiger partial charge >= 0.3 is 5.97 Å². The van der Waals surface area contributed by atoms with Gasteiger partial charge in [-0.05, 0) is 55.9 Å². The van der Waals surface area contributed by atoms with E-state index in [0.717, 1.165) is 11.3 Å². The number of esters is 1. The number of carbonyl (C=O) groups is 1. The molecule has 1 aliphatic rings. The summed E-state index contributed by atoms with van der Waals surface area (Å²) < 4.78 is 13.7. The number of carbonyl (C=O) groups excluding carboxylic acids is 1. The molecule has 1 aromatic heterocycles. The molecule has 4 aromatic rings. The van der Waals surface area contributed by atoms with Crippen LogP contribution >= 0.6 is 12.2 Å². The minimum Gasteiger partial charge on any atom is -0.463 e. The number of hydrogen-bond acceptors (Lipinski definition) is 5. The lowest BCUT2D eigenvalue weighted by Gasteiger charge is -2.31. The lowest BCUT2D eigenvalue weighted by atomic mass is 9.92. The molecule has 0 amide bonds. The van der Waals surface area contributed by atoms with Gasteiger partial charge in [-0.2, -0.15) is 5.10 Å². The number of ether oxygens (including phenoxy) is 2. The van der Waals surface area contributed by atoms with Crippen LogP contribution in [0.2, 0.25) is 0 Å². The number of hydrogen-bond donors (Lipinski definition) is 2. The molecule has 0 bridgehead atoms. The second kappa shape index (κ2) is 10.7. The Kier molecular flexibility index (Phi) is 7.00. The summed E-state index contributed by atoms with van der Waals surface area (Å²) >= 11 is 5.60. The van der Waals surface area contributed by atoms with Gasteiger partial charge in [0.2, 0.25) is 5.88 Å². The third-order valence-corrected chi connectivity index (χ3v) is 6.16. The van der Waals surface area contributed by atoms with Crippen molar-refractivity contribution < 1.29 is 14.3 Å². The molecular weight excluding hydrogens is 484 g/mol. The normalized spacial score (nSPS) is 15.1. The Labute approximate surface area is 220 Å². The molecule has 2 heterocycles. The topological polar surface area (TPSA) is 77.4 Å². The van der Waals surface area contributed by atoms with E-state index in [1.165, 1.54) is 0 Å². The zero-order valence-corrected chi connectivity index (χ0v) is 21.3. The first-order valence-electron chi connectivity index (χ1n) is 12.0.